The fraction of sp³-hybridized carbons (Fsp3) is 0.500. The number of esters is 1. The Balaban J connectivity index is 2.08. The second kappa shape index (κ2) is 5.21. The standard InChI is InChI=1S/C14H19NO2/c1-10(2)9-17-14(16)12-5-6-13-11(8-12)4-3-7-15-13/h5-6,8,10,15H,3-4,7,9H2,1-2H3. The number of aryl methyl sites for hydroxylation is 1. The van der Waals surface area contributed by atoms with E-state index in [2.05, 4.69) is 5.32 Å². The van der Waals surface area contributed by atoms with Crippen LogP contribution in [0.15, 0.2) is 18.2 Å². The summed E-state index contributed by atoms with van der Waals surface area (Å²) in [4.78, 5) is 11.8. The van der Waals surface area contributed by atoms with Gasteiger partial charge in [-0.25, -0.2) is 4.79 Å². The minimum absolute atomic E-state index is 0.216. The number of hydrogen-bond acceptors (Lipinski definition) is 3. The number of hydrogen-bond donors (Lipinski definition) is 1. The second-order valence-corrected chi connectivity index (χ2v) is 4.89. The van der Waals surface area contributed by atoms with Gasteiger partial charge in [0, 0.05) is 12.2 Å². The Bertz CT molecular complexity index is 413. The number of carbonyl (C=O) groups is 1. The number of carbonyl (C=O) groups excluding carboxylic acids is 1. The molecule has 0 atom stereocenters. The summed E-state index contributed by atoms with van der Waals surface area (Å²) in [7, 11) is 0. The fourth-order valence-corrected chi connectivity index (χ4v) is 1.93. The van der Waals surface area contributed by atoms with Crippen molar-refractivity contribution in [2.45, 2.75) is 26.7 Å². The largest absolute Gasteiger partial charge is 0.462 e. The molecule has 17 heavy (non-hydrogen) atoms. The van der Waals surface area contributed by atoms with Crippen LogP contribution >= 0.6 is 0 Å². The van der Waals surface area contributed by atoms with Crippen molar-refractivity contribution in [3.63, 3.8) is 0 Å². The molecule has 0 fully saturated rings. The highest BCUT2D eigenvalue weighted by atomic mass is 16.5. The molecule has 0 unspecified atom stereocenters. The predicted octanol–water partition coefficient (Wildman–Crippen LogP) is 2.86. The average molecular weight is 233 g/mol. The van der Waals surface area contributed by atoms with Gasteiger partial charge in [-0.1, -0.05) is 13.8 Å². The zero-order valence-electron chi connectivity index (χ0n) is 10.5. The highest BCUT2D eigenvalue weighted by Gasteiger charge is 2.13. The van der Waals surface area contributed by atoms with Crippen LogP contribution in [0.2, 0.25) is 0 Å². The van der Waals surface area contributed by atoms with Crippen LogP contribution in [0.5, 0.6) is 0 Å². The molecule has 1 heterocycles. The Morgan fingerprint density at radius 2 is 2.29 bits per heavy atom. The third-order valence-electron chi connectivity index (χ3n) is 2.83. The Morgan fingerprint density at radius 1 is 1.47 bits per heavy atom. The third kappa shape index (κ3) is 2.99. The molecule has 0 saturated heterocycles. The van der Waals surface area contributed by atoms with Crippen LogP contribution in [-0.4, -0.2) is 19.1 Å². The third-order valence-corrected chi connectivity index (χ3v) is 2.83. The van der Waals surface area contributed by atoms with Gasteiger partial charge < -0.3 is 10.1 Å². The summed E-state index contributed by atoms with van der Waals surface area (Å²) in [5, 5.41) is 3.33. The molecule has 0 amide bonds. The molecule has 1 aliphatic heterocycles. The van der Waals surface area contributed by atoms with Gasteiger partial charge in [0.25, 0.3) is 0 Å². The maximum Gasteiger partial charge on any atom is 0.338 e. The Hall–Kier alpha value is -1.51. The van der Waals surface area contributed by atoms with Crippen LogP contribution in [0.3, 0.4) is 0 Å². The first-order valence-corrected chi connectivity index (χ1v) is 6.21. The molecule has 0 aromatic heterocycles. The van der Waals surface area contributed by atoms with Crippen LogP contribution in [0.4, 0.5) is 5.69 Å². The van der Waals surface area contributed by atoms with Crippen LogP contribution in [0.1, 0.15) is 36.2 Å². The molecule has 0 bridgehead atoms. The quantitative estimate of drug-likeness (QED) is 0.816. The molecule has 3 heteroatoms. The molecule has 0 saturated carbocycles. The van der Waals surface area contributed by atoms with E-state index in [1.54, 1.807) is 0 Å². The number of fused-ring (bicyclic) bond motifs is 1. The van der Waals surface area contributed by atoms with E-state index in [0.717, 1.165) is 25.1 Å². The van der Waals surface area contributed by atoms with Gasteiger partial charge in [-0.3, -0.25) is 0 Å². The normalized spacial score (nSPS) is 14.1. The van der Waals surface area contributed by atoms with Gasteiger partial charge in [0.05, 0.1) is 12.2 Å². The first-order valence-electron chi connectivity index (χ1n) is 6.21. The molecule has 1 aliphatic rings. The van der Waals surface area contributed by atoms with Crippen LogP contribution in [0, 0.1) is 5.92 Å². The summed E-state index contributed by atoms with van der Waals surface area (Å²) in [6, 6.07) is 5.75. The first-order chi connectivity index (χ1) is 8.16. The van der Waals surface area contributed by atoms with E-state index in [1.807, 2.05) is 32.0 Å². The molecule has 0 aliphatic carbocycles. The lowest BCUT2D eigenvalue weighted by Crippen LogP contribution is -2.14. The lowest BCUT2D eigenvalue weighted by Gasteiger charge is -2.18. The minimum atomic E-state index is -0.216. The monoisotopic (exact) mass is 233 g/mol. The van der Waals surface area contributed by atoms with Gasteiger partial charge in [-0.05, 0) is 42.5 Å². The highest BCUT2D eigenvalue weighted by molar-refractivity contribution is 5.90. The summed E-state index contributed by atoms with van der Waals surface area (Å²) in [6.07, 6.45) is 2.16. The van der Waals surface area contributed by atoms with Crippen molar-refractivity contribution in [2.24, 2.45) is 5.92 Å². The molecule has 1 aromatic rings. The SMILES string of the molecule is CC(C)COC(=O)c1ccc2c(c1)CCCN2. The van der Waals surface area contributed by atoms with Crippen molar-refractivity contribution in [2.75, 3.05) is 18.5 Å². The van der Waals surface area contributed by atoms with E-state index in [0.29, 0.717) is 18.1 Å². The van der Waals surface area contributed by atoms with Crippen molar-refractivity contribution in [3.8, 4) is 0 Å². The van der Waals surface area contributed by atoms with Gasteiger partial charge in [0.15, 0.2) is 0 Å². The summed E-state index contributed by atoms with van der Waals surface area (Å²) in [5.41, 5.74) is 3.03. The molecule has 1 N–H and O–H groups in total. The average Bonchev–Trinajstić information content (AvgIpc) is 2.35. The number of benzene rings is 1. The molecule has 0 radical (unpaired) electrons. The maximum absolute atomic E-state index is 11.8. The molecule has 2 rings (SSSR count). The van der Waals surface area contributed by atoms with Crippen molar-refractivity contribution in [1.29, 1.82) is 0 Å². The minimum Gasteiger partial charge on any atom is -0.462 e. The molecule has 3 nitrogen and oxygen atoms in total. The topological polar surface area (TPSA) is 38.3 Å². The molecular weight excluding hydrogens is 214 g/mol. The summed E-state index contributed by atoms with van der Waals surface area (Å²) < 4.78 is 5.22. The number of nitrogens with one attached hydrogen (secondary N) is 1. The first kappa shape index (κ1) is 12.0. The van der Waals surface area contributed by atoms with Crippen LogP contribution in [-0.2, 0) is 11.2 Å². The van der Waals surface area contributed by atoms with E-state index >= 15 is 0 Å². The zero-order chi connectivity index (χ0) is 12.3. The Kier molecular flexibility index (Phi) is 3.67. The van der Waals surface area contributed by atoms with Gasteiger partial charge in [-0.2, -0.15) is 0 Å². The van der Waals surface area contributed by atoms with Crippen molar-refractivity contribution in [3.05, 3.63) is 29.3 Å². The summed E-state index contributed by atoms with van der Waals surface area (Å²) in [6.45, 7) is 5.56. The molecule has 0 spiro atoms. The van der Waals surface area contributed by atoms with Crippen molar-refractivity contribution >= 4 is 11.7 Å². The highest BCUT2D eigenvalue weighted by Crippen LogP contribution is 2.23. The smallest absolute Gasteiger partial charge is 0.338 e. The maximum atomic E-state index is 11.8. The fourth-order valence-electron chi connectivity index (χ4n) is 1.93. The van der Waals surface area contributed by atoms with Gasteiger partial charge in [-0.15, -0.1) is 0 Å². The molecular formula is C14H19NO2. The van der Waals surface area contributed by atoms with Crippen LogP contribution < -0.4 is 5.32 Å². The van der Waals surface area contributed by atoms with E-state index < -0.39 is 0 Å². The van der Waals surface area contributed by atoms with Gasteiger partial charge >= 0.3 is 5.97 Å². The van der Waals surface area contributed by atoms with E-state index in [9.17, 15) is 4.79 Å². The van der Waals surface area contributed by atoms with Gasteiger partial charge in [0.1, 0.15) is 0 Å². The van der Waals surface area contributed by atoms with Gasteiger partial charge in [0.2, 0.25) is 0 Å². The number of ether oxygens (including phenoxy) is 1. The number of rotatable bonds is 3. The Labute approximate surface area is 102 Å². The second-order valence-electron chi connectivity index (χ2n) is 4.89. The number of anilines is 1. The van der Waals surface area contributed by atoms with E-state index in [-0.39, 0.29) is 5.97 Å². The van der Waals surface area contributed by atoms with Crippen molar-refractivity contribution < 1.29 is 9.53 Å². The predicted molar refractivity (Wildman–Crippen MR) is 68.4 cm³/mol. The lowest BCUT2D eigenvalue weighted by molar-refractivity contribution is 0.0459. The van der Waals surface area contributed by atoms with Crippen LogP contribution in [0.25, 0.3) is 0 Å². The lowest BCUT2D eigenvalue weighted by atomic mass is 10.0. The molecule has 92 valence electrons. The summed E-state index contributed by atoms with van der Waals surface area (Å²) in [5.74, 6) is 0.158. The van der Waals surface area contributed by atoms with E-state index in [4.69, 9.17) is 4.74 Å². The summed E-state index contributed by atoms with van der Waals surface area (Å²) >= 11 is 0. The Morgan fingerprint density at radius 3 is 3.06 bits per heavy atom. The van der Waals surface area contributed by atoms with Crippen molar-refractivity contribution in [1.82, 2.24) is 0 Å². The zero-order valence-corrected chi connectivity index (χ0v) is 10.5. The van der Waals surface area contributed by atoms with E-state index in [1.165, 1.54) is 5.56 Å². The molecule has 1 aromatic carbocycles.